The lowest BCUT2D eigenvalue weighted by Gasteiger charge is -2.11. The highest BCUT2D eigenvalue weighted by Crippen LogP contribution is 2.42. The number of pyridine rings is 1. The Bertz CT molecular complexity index is 540. The Balaban J connectivity index is 2.32. The molecule has 3 rings (SSSR count). The van der Waals surface area contributed by atoms with Crippen LogP contribution in [-0.4, -0.2) is 14.5 Å². The summed E-state index contributed by atoms with van der Waals surface area (Å²) in [6.45, 7) is 4.32. The van der Waals surface area contributed by atoms with Gasteiger partial charge in [0.25, 0.3) is 0 Å². The van der Waals surface area contributed by atoms with E-state index in [1.165, 1.54) is 12.8 Å². The molecule has 0 bridgehead atoms. The number of aromatic nitrogens is 3. The van der Waals surface area contributed by atoms with Crippen molar-refractivity contribution in [1.82, 2.24) is 14.5 Å². The normalized spacial score (nSPS) is 16.2. The number of rotatable bonds is 2. The van der Waals surface area contributed by atoms with Crippen LogP contribution in [0.1, 0.15) is 44.5 Å². The Morgan fingerprint density at radius 2 is 2.19 bits per heavy atom. The molecule has 2 aromatic rings. The maximum Gasteiger partial charge on any atom is 0.161 e. The van der Waals surface area contributed by atoms with E-state index in [1.54, 1.807) is 12.3 Å². The number of fused-ring (bicyclic) bond motifs is 1. The molecule has 0 aliphatic heterocycles. The Hall–Kier alpha value is -1.09. The summed E-state index contributed by atoms with van der Waals surface area (Å²) in [6.07, 6.45) is 4.24. The van der Waals surface area contributed by atoms with Crippen molar-refractivity contribution in [2.45, 2.75) is 38.6 Å². The van der Waals surface area contributed by atoms with Crippen LogP contribution in [0, 0.1) is 0 Å². The van der Waals surface area contributed by atoms with E-state index in [9.17, 15) is 0 Å². The zero-order chi connectivity index (χ0) is 11.3. The quantitative estimate of drug-likeness (QED) is 0.797. The van der Waals surface area contributed by atoms with Gasteiger partial charge in [-0.1, -0.05) is 11.6 Å². The minimum Gasteiger partial charge on any atom is -0.310 e. The van der Waals surface area contributed by atoms with Crippen molar-refractivity contribution < 1.29 is 0 Å². The van der Waals surface area contributed by atoms with Gasteiger partial charge in [0.05, 0.1) is 5.02 Å². The molecule has 0 spiro atoms. The molecular formula is C12H14ClN3. The lowest BCUT2D eigenvalue weighted by atomic mass is 10.3. The maximum absolute atomic E-state index is 6.16. The first-order valence-corrected chi connectivity index (χ1v) is 6.08. The van der Waals surface area contributed by atoms with Gasteiger partial charge in [-0.2, -0.15) is 0 Å². The van der Waals surface area contributed by atoms with Crippen molar-refractivity contribution in [3.8, 4) is 0 Å². The van der Waals surface area contributed by atoms with Crippen LogP contribution in [0.15, 0.2) is 12.3 Å². The van der Waals surface area contributed by atoms with Crippen LogP contribution in [0.4, 0.5) is 0 Å². The Morgan fingerprint density at radius 3 is 2.81 bits per heavy atom. The molecule has 1 fully saturated rings. The molecule has 0 atom stereocenters. The van der Waals surface area contributed by atoms with Gasteiger partial charge < -0.3 is 4.57 Å². The SMILES string of the molecule is CC(C)n1c(C2CC2)nc2c(Cl)ccnc21. The smallest absolute Gasteiger partial charge is 0.161 e. The van der Waals surface area contributed by atoms with Crippen molar-refractivity contribution in [1.29, 1.82) is 0 Å². The first-order chi connectivity index (χ1) is 7.68. The van der Waals surface area contributed by atoms with Crippen molar-refractivity contribution in [3.63, 3.8) is 0 Å². The lowest BCUT2D eigenvalue weighted by Crippen LogP contribution is -2.05. The lowest BCUT2D eigenvalue weighted by molar-refractivity contribution is 0.581. The fraction of sp³-hybridized carbons (Fsp3) is 0.500. The highest BCUT2D eigenvalue weighted by atomic mass is 35.5. The molecule has 2 heterocycles. The Labute approximate surface area is 99.5 Å². The summed E-state index contributed by atoms with van der Waals surface area (Å²) in [6, 6.07) is 2.18. The van der Waals surface area contributed by atoms with Crippen LogP contribution in [0.25, 0.3) is 11.2 Å². The first kappa shape index (κ1) is 10.1. The molecule has 0 unspecified atom stereocenters. The predicted octanol–water partition coefficient (Wildman–Crippen LogP) is 3.54. The molecule has 2 aromatic heterocycles. The van der Waals surface area contributed by atoms with E-state index < -0.39 is 0 Å². The standard InChI is InChI=1S/C12H14ClN3/c1-7(2)16-11(8-3-4-8)15-10-9(13)5-6-14-12(10)16/h5-8H,3-4H2,1-2H3. The van der Waals surface area contributed by atoms with Gasteiger partial charge in [-0.25, -0.2) is 9.97 Å². The van der Waals surface area contributed by atoms with Gasteiger partial charge in [-0.15, -0.1) is 0 Å². The predicted molar refractivity (Wildman–Crippen MR) is 64.9 cm³/mol. The average Bonchev–Trinajstić information content (AvgIpc) is 2.99. The van der Waals surface area contributed by atoms with E-state index in [-0.39, 0.29) is 0 Å². The summed E-state index contributed by atoms with van der Waals surface area (Å²) < 4.78 is 2.22. The van der Waals surface area contributed by atoms with Crippen LogP contribution in [0.3, 0.4) is 0 Å². The fourth-order valence-corrected chi connectivity index (χ4v) is 2.30. The zero-order valence-electron chi connectivity index (χ0n) is 9.44. The molecule has 4 heteroatoms. The number of halogens is 1. The third-order valence-corrected chi connectivity index (χ3v) is 3.32. The van der Waals surface area contributed by atoms with Gasteiger partial charge in [0, 0.05) is 18.2 Å². The molecule has 1 saturated carbocycles. The molecule has 0 aromatic carbocycles. The summed E-state index contributed by atoms with van der Waals surface area (Å²) in [7, 11) is 0. The molecule has 1 aliphatic carbocycles. The van der Waals surface area contributed by atoms with Crippen molar-refractivity contribution in [2.75, 3.05) is 0 Å². The average molecular weight is 236 g/mol. The minimum absolute atomic E-state index is 0.381. The van der Waals surface area contributed by atoms with Gasteiger partial charge in [-0.3, -0.25) is 0 Å². The van der Waals surface area contributed by atoms with E-state index in [0.717, 1.165) is 17.0 Å². The van der Waals surface area contributed by atoms with Crippen molar-refractivity contribution in [2.24, 2.45) is 0 Å². The van der Waals surface area contributed by atoms with Crippen LogP contribution in [0.5, 0.6) is 0 Å². The highest BCUT2D eigenvalue weighted by molar-refractivity contribution is 6.34. The second-order valence-electron chi connectivity index (χ2n) is 4.67. The van der Waals surface area contributed by atoms with Gasteiger partial charge in [0.1, 0.15) is 11.3 Å². The van der Waals surface area contributed by atoms with Gasteiger partial charge in [0.2, 0.25) is 0 Å². The maximum atomic E-state index is 6.16. The summed E-state index contributed by atoms with van der Waals surface area (Å²) in [5.74, 6) is 1.78. The molecule has 1 aliphatic rings. The van der Waals surface area contributed by atoms with Gasteiger partial charge in [-0.05, 0) is 32.8 Å². The highest BCUT2D eigenvalue weighted by Gasteiger charge is 2.31. The van der Waals surface area contributed by atoms with Gasteiger partial charge >= 0.3 is 0 Å². The topological polar surface area (TPSA) is 30.7 Å². The van der Waals surface area contributed by atoms with E-state index in [2.05, 4.69) is 28.4 Å². The zero-order valence-corrected chi connectivity index (χ0v) is 10.2. The second-order valence-corrected chi connectivity index (χ2v) is 5.08. The molecule has 0 N–H and O–H groups in total. The third-order valence-electron chi connectivity index (χ3n) is 3.02. The van der Waals surface area contributed by atoms with E-state index in [0.29, 0.717) is 17.0 Å². The molecule has 3 nitrogen and oxygen atoms in total. The number of hydrogen-bond donors (Lipinski definition) is 0. The summed E-state index contributed by atoms with van der Waals surface area (Å²) in [4.78, 5) is 9.07. The van der Waals surface area contributed by atoms with E-state index in [4.69, 9.17) is 11.6 Å². The Kier molecular flexibility index (Phi) is 2.18. The van der Waals surface area contributed by atoms with Crippen LogP contribution in [-0.2, 0) is 0 Å². The largest absolute Gasteiger partial charge is 0.310 e. The Morgan fingerprint density at radius 1 is 1.44 bits per heavy atom. The van der Waals surface area contributed by atoms with E-state index >= 15 is 0 Å². The number of nitrogens with zero attached hydrogens (tertiary/aromatic N) is 3. The first-order valence-electron chi connectivity index (χ1n) is 5.71. The molecular weight excluding hydrogens is 222 g/mol. The molecule has 0 radical (unpaired) electrons. The summed E-state index contributed by atoms with van der Waals surface area (Å²) in [5, 5.41) is 0.700. The fourth-order valence-electron chi connectivity index (χ4n) is 2.12. The molecule has 0 amide bonds. The van der Waals surface area contributed by atoms with Crippen LogP contribution in [0.2, 0.25) is 5.02 Å². The summed E-state index contributed by atoms with van der Waals surface area (Å²) in [5.41, 5.74) is 1.77. The number of hydrogen-bond acceptors (Lipinski definition) is 2. The molecule has 0 saturated heterocycles. The van der Waals surface area contributed by atoms with Gasteiger partial charge in [0.15, 0.2) is 5.65 Å². The molecule has 16 heavy (non-hydrogen) atoms. The van der Waals surface area contributed by atoms with Crippen LogP contribution >= 0.6 is 11.6 Å². The minimum atomic E-state index is 0.381. The van der Waals surface area contributed by atoms with E-state index in [1.807, 2.05) is 0 Å². The van der Waals surface area contributed by atoms with Crippen molar-refractivity contribution in [3.05, 3.63) is 23.1 Å². The van der Waals surface area contributed by atoms with Crippen LogP contribution < -0.4 is 0 Å². The number of imidazole rings is 1. The second kappa shape index (κ2) is 3.45. The van der Waals surface area contributed by atoms with Crippen molar-refractivity contribution >= 4 is 22.8 Å². The monoisotopic (exact) mass is 235 g/mol. The summed E-state index contributed by atoms with van der Waals surface area (Å²) >= 11 is 6.16. The molecule has 84 valence electrons. The third kappa shape index (κ3) is 1.42.